The van der Waals surface area contributed by atoms with Crippen LogP contribution in [-0.4, -0.2) is 5.91 Å². The van der Waals surface area contributed by atoms with Gasteiger partial charge in [0, 0.05) is 6.08 Å². The van der Waals surface area contributed by atoms with Crippen LogP contribution in [0.25, 0.3) is 6.08 Å². The number of benzene rings is 1. The number of amides is 1. The lowest BCUT2D eigenvalue weighted by molar-refractivity contribution is -0.113. The van der Waals surface area contributed by atoms with Crippen molar-refractivity contribution >= 4 is 12.0 Å². The maximum atomic E-state index is 10.9. The van der Waals surface area contributed by atoms with Crippen molar-refractivity contribution in [1.29, 1.82) is 0 Å². The lowest BCUT2D eigenvalue weighted by atomic mass is 9.79. The minimum Gasteiger partial charge on any atom is -0.366 e. The van der Waals surface area contributed by atoms with Crippen LogP contribution in [0.3, 0.4) is 0 Å². The van der Waals surface area contributed by atoms with E-state index in [0.29, 0.717) is 0 Å². The first-order valence-electron chi connectivity index (χ1n) is 6.64. The fraction of sp³-hybridized carbons (Fsp3) is 0.471. The number of primary amides is 1. The monoisotopic (exact) mass is 259 g/mol. The first kappa shape index (κ1) is 15.5. The Kier molecular flexibility index (Phi) is 4.24. The van der Waals surface area contributed by atoms with Crippen molar-refractivity contribution in [1.82, 2.24) is 0 Å². The fourth-order valence-corrected chi connectivity index (χ4v) is 1.79. The molecule has 1 rings (SSSR count). The van der Waals surface area contributed by atoms with Gasteiger partial charge < -0.3 is 5.73 Å². The molecule has 0 fully saturated rings. The molecule has 104 valence electrons. The molecule has 19 heavy (non-hydrogen) atoms. The molecule has 0 unspecified atom stereocenters. The molecule has 1 aromatic carbocycles. The molecule has 0 saturated heterocycles. The van der Waals surface area contributed by atoms with Crippen LogP contribution in [0.4, 0.5) is 0 Å². The first-order valence-corrected chi connectivity index (χ1v) is 6.64. The average Bonchev–Trinajstić information content (AvgIpc) is 2.23. The Balaban J connectivity index is 3.37. The third kappa shape index (κ3) is 4.55. The minimum absolute atomic E-state index is 0.0799. The summed E-state index contributed by atoms with van der Waals surface area (Å²) in [5, 5.41) is 0. The van der Waals surface area contributed by atoms with Crippen LogP contribution in [0, 0.1) is 0 Å². The molecule has 0 aliphatic heterocycles. The molecule has 0 aromatic heterocycles. The summed E-state index contributed by atoms with van der Waals surface area (Å²) in [6.07, 6.45) is 3.20. The zero-order valence-corrected chi connectivity index (χ0v) is 12.9. The van der Waals surface area contributed by atoms with Crippen molar-refractivity contribution in [3.05, 3.63) is 41.0 Å². The van der Waals surface area contributed by atoms with Crippen LogP contribution in [0.2, 0.25) is 0 Å². The van der Waals surface area contributed by atoms with Crippen LogP contribution in [-0.2, 0) is 15.6 Å². The van der Waals surface area contributed by atoms with Gasteiger partial charge in [0.15, 0.2) is 0 Å². The number of hydrogen-bond acceptors (Lipinski definition) is 1. The predicted octanol–water partition coefficient (Wildman–Crippen LogP) is 3.78. The molecular formula is C17H25NO. The first-order chi connectivity index (χ1) is 8.50. The molecule has 0 saturated carbocycles. The Morgan fingerprint density at radius 1 is 0.947 bits per heavy atom. The fourth-order valence-electron chi connectivity index (χ4n) is 1.79. The van der Waals surface area contributed by atoms with Gasteiger partial charge in [0.05, 0.1) is 0 Å². The molecule has 0 atom stereocenters. The van der Waals surface area contributed by atoms with E-state index in [9.17, 15) is 4.79 Å². The molecule has 0 heterocycles. The summed E-state index contributed by atoms with van der Waals surface area (Å²) < 4.78 is 0. The van der Waals surface area contributed by atoms with Crippen molar-refractivity contribution in [2.24, 2.45) is 5.73 Å². The van der Waals surface area contributed by atoms with E-state index in [1.165, 1.54) is 17.2 Å². The summed E-state index contributed by atoms with van der Waals surface area (Å²) in [7, 11) is 0. The van der Waals surface area contributed by atoms with E-state index in [2.05, 4.69) is 59.7 Å². The molecule has 0 aliphatic rings. The van der Waals surface area contributed by atoms with Gasteiger partial charge in [0.2, 0.25) is 5.91 Å². The highest BCUT2D eigenvalue weighted by molar-refractivity contribution is 5.90. The van der Waals surface area contributed by atoms with Crippen LogP contribution >= 0.6 is 0 Å². The van der Waals surface area contributed by atoms with Crippen molar-refractivity contribution in [3.8, 4) is 0 Å². The molecule has 2 heteroatoms. The molecule has 0 aliphatic carbocycles. The molecule has 1 amide bonds. The van der Waals surface area contributed by atoms with E-state index >= 15 is 0 Å². The third-order valence-corrected chi connectivity index (χ3v) is 3.13. The molecule has 0 radical (unpaired) electrons. The molecular weight excluding hydrogens is 234 g/mol. The lowest BCUT2D eigenvalue weighted by Gasteiger charge is -2.25. The average molecular weight is 259 g/mol. The van der Waals surface area contributed by atoms with E-state index in [1.54, 1.807) is 6.08 Å². The van der Waals surface area contributed by atoms with Gasteiger partial charge in [-0.05, 0) is 33.6 Å². The zero-order valence-electron chi connectivity index (χ0n) is 12.9. The molecule has 2 nitrogen and oxygen atoms in total. The van der Waals surface area contributed by atoms with Gasteiger partial charge in [-0.2, -0.15) is 0 Å². The van der Waals surface area contributed by atoms with Crippen molar-refractivity contribution in [3.63, 3.8) is 0 Å². The number of rotatable bonds is 2. The Labute approximate surface area is 116 Å². The summed E-state index contributed by atoms with van der Waals surface area (Å²) in [5.41, 5.74) is 8.88. The quantitative estimate of drug-likeness (QED) is 0.807. The zero-order chi connectivity index (χ0) is 14.8. The summed E-state index contributed by atoms with van der Waals surface area (Å²) in [4.78, 5) is 10.9. The Morgan fingerprint density at radius 3 is 1.68 bits per heavy atom. The second-order valence-electron chi connectivity index (χ2n) is 7.08. The highest BCUT2D eigenvalue weighted by Gasteiger charge is 2.19. The minimum atomic E-state index is -0.418. The van der Waals surface area contributed by atoms with Gasteiger partial charge in [-0.15, -0.1) is 0 Å². The number of carbonyl (C=O) groups excluding carboxylic acids is 1. The Hall–Kier alpha value is -1.57. The van der Waals surface area contributed by atoms with Crippen molar-refractivity contribution in [2.75, 3.05) is 0 Å². The Bertz CT molecular complexity index is 467. The van der Waals surface area contributed by atoms with Gasteiger partial charge in [-0.3, -0.25) is 4.79 Å². The topological polar surface area (TPSA) is 43.1 Å². The van der Waals surface area contributed by atoms with Gasteiger partial charge >= 0.3 is 0 Å². The van der Waals surface area contributed by atoms with Crippen LogP contribution < -0.4 is 5.73 Å². The second-order valence-corrected chi connectivity index (χ2v) is 7.08. The normalized spacial score (nSPS) is 12.9. The maximum absolute atomic E-state index is 10.9. The van der Waals surface area contributed by atoms with Gasteiger partial charge in [0.1, 0.15) is 0 Å². The summed E-state index contributed by atoms with van der Waals surface area (Å²) in [6.45, 7) is 13.1. The third-order valence-electron chi connectivity index (χ3n) is 3.13. The summed E-state index contributed by atoms with van der Waals surface area (Å²) in [5.74, 6) is -0.418. The van der Waals surface area contributed by atoms with E-state index in [-0.39, 0.29) is 10.8 Å². The highest BCUT2D eigenvalue weighted by atomic mass is 16.1. The SMILES string of the molecule is CC(C)(C)c1cc(/C=C\C(N)=O)cc(C(C)(C)C)c1. The second kappa shape index (κ2) is 5.20. The summed E-state index contributed by atoms with van der Waals surface area (Å²) in [6, 6.07) is 6.49. The van der Waals surface area contributed by atoms with Gasteiger partial charge in [-0.25, -0.2) is 0 Å². The largest absolute Gasteiger partial charge is 0.366 e. The molecule has 1 aromatic rings. The van der Waals surface area contributed by atoms with Crippen LogP contribution in [0.5, 0.6) is 0 Å². The highest BCUT2D eigenvalue weighted by Crippen LogP contribution is 2.30. The summed E-state index contributed by atoms with van der Waals surface area (Å²) >= 11 is 0. The molecule has 0 spiro atoms. The predicted molar refractivity (Wildman–Crippen MR) is 82.1 cm³/mol. The standard InChI is InChI=1S/C17H25NO/c1-16(2,3)13-9-12(7-8-15(18)19)10-14(11-13)17(4,5)6/h7-11H,1-6H3,(H2,18,19)/b8-7-. The number of hydrogen-bond donors (Lipinski definition) is 1. The van der Waals surface area contributed by atoms with E-state index < -0.39 is 5.91 Å². The van der Waals surface area contributed by atoms with Crippen LogP contribution in [0.15, 0.2) is 24.3 Å². The van der Waals surface area contributed by atoms with E-state index in [4.69, 9.17) is 5.73 Å². The number of carbonyl (C=O) groups is 1. The van der Waals surface area contributed by atoms with Gasteiger partial charge in [-0.1, -0.05) is 59.7 Å². The smallest absolute Gasteiger partial charge is 0.241 e. The van der Waals surface area contributed by atoms with E-state index in [1.807, 2.05) is 0 Å². The molecule has 0 bridgehead atoms. The lowest BCUT2D eigenvalue weighted by Crippen LogP contribution is -2.16. The maximum Gasteiger partial charge on any atom is 0.241 e. The van der Waals surface area contributed by atoms with Crippen molar-refractivity contribution in [2.45, 2.75) is 52.4 Å². The van der Waals surface area contributed by atoms with E-state index in [0.717, 1.165) is 5.56 Å². The van der Waals surface area contributed by atoms with Gasteiger partial charge in [0.25, 0.3) is 0 Å². The number of nitrogens with two attached hydrogens (primary N) is 1. The molecule has 2 N–H and O–H groups in total. The van der Waals surface area contributed by atoms with Crippen LogP contribution in [0.1, 0.15) is 58.2 Å². The van der Waals surface area contributed by atoms with Crippen molar-refractivity contribution < 1.29 is 4.79 Å². The Morgan fingerprint density at radius 2 is 1.37 bits per heavy atom.